The molecule has 2 heterocycles. The Balaban J connectivity index is 1.88. The Morgan fingerprint density at radius 1 is 1.36 bits per heavy atom. The van der Waals surface area contributed by atoms with Gasteiger partial charge in [0.15, 0.2) is 0 Å². The number of alkyl halides is 3. The Labute approximate surface area is 143 Å². The SMILES string of the molecule is CC1(CN)CCN(C(=O)c2cccc(-n3nccc3C(F)(F)F)c2)C1. The van der Waals surface area contributed by atoms with Crippen molar-refractivity contribution in [1.29, 1.82) is 0 Å². The molecule has 1 aromatic carbocycles. The number of carbonyl (C=O) groups is 1. The van der Waals surface area contributed by atoms with Crippen LogP contribution in [0, 0.1) is 5.41 Å². The second-order valence-electron chi connectivity index (χ2n) is 6.67. The van der Waals surface area contributed by atoms with Gasteiger partial charge >= 0.3 is 6.18 Å². The Morgan fingerprint density at radius 2 is 2.12 bits per heavy atom. The van der Waals surface area contributed by atoms with E-state index in [0.29, 0.717) is 25.2 Å². The molecule has 25 heavy (non-hydrogen) atoms. The van der Waals surface area contributed by atoms with Gasteiger partial charge in [-0.1, -0.05) is 13.0 Å². The molecule has 1 fully saturated rings. The Hall–Kier alpha value is -2.35. The van der Waals surface area contributed by atoms with Crippen LogP contribution in [0.1, 0.15) is 29.4 Å². The van der Waals surface area contributed by atoms with Crippen LogP contribution >= 0.6 is 0 Å². The predicted molar refractivity (Wildman–Crippen MR) is 86.2 cm³/mol. The van der Waals surface area contributed by atoms with Crippen molar-refractivity contribution in [1.82, 2.24) is 14.7 Å². The van der Waals surface area contributed by atoms with E-state index >= 15 is 0 Å². The zero-order valence-corrected chi connectivity index (χ0v) is 13.8. The number of benzene rings is 1. The van der Waals surface area contributed by atoms with Crippen LogP contribution in [0.25, 0.3) is 5.69 Å². The van der Waals surface area contributed by atoms with Crippen LogP contribution in [0.5, 0.6) is 0 Å². The van der Waals surface area contributed by atoms with E-state index in [1.54, 1.807) is 17.0 Å². The highest BCUT2D eigenvalue weighted by molar-refractivity contribution is 5.95. The normalized spacial score (nSPS) is 20.9. The van der Waals surface area contributed by atoms with Crippen LogP contribution in [0.2, 0.25) is 0 Å². The van der Waals surface area contributed by atoms with Crippen LogP contribution in [0.3, 0.4) is 0 Å². The number of aromatic nitrogens is 2. The topological polar surface area (TPSA) is 64.2 Å². The second-order valence-corrected chi connectivity index (χ2v) is 6.67. The third-order valence-corrected chi connectivity index (χ3v) is 4.61. The molecule has 1 saturated heterocycles. The lowest BCUT2D eigenvalue weighted by molar-refractivity contribution is -0.142. The summed E-state index contributed by atoms with van der Waals surface area (Å²) in [5.74, 6) is -0.209. The number of nitrogens with two attached hydrogens (primary N) is 1. The summed E-state index contributed by atoms with van der Waals surface area (Å²) in [4.78, 5) is 14.4. The number of hydrogen-bond acceptors (Lipinski definition) is 3. The van der Waals surface area contributed by atoms with Gasteiger partial charge in [-0.15, -0.1) is 0 Å². The minimum absolute atomic E-state index is 0.112. The number of amides is 1. The van der Waals surface area contributed by atoms with Crippen molar-refractivity contribution < 1.29 is 18.0 Å². The molecule has 2 aromatic rings. The number of hydrogen-bond donors (Lipinski definition) is 1. The van der Waals surface area contributed by atoms with E-state index in [-0.39, 0.29) is 17.0 Å². The smallest absolute Gasteiger partial charge is 0.338 e. The quantitative estimate of drug-likeness (QED) is 0.924. The largest absolute Gasteiger partial charge is 0.433 e. The van der Waals surface area contributed by atoms with Gasteiger partial charge < -0.3 is 10.6 Å². The van der Waals surface area contributed by atoms with Crippen LogP contribution in [-0.2, 0) is 6.18 Å². The van der Waals surface area contributed by atoms with Gasteiger partial charge in [-0.3, -0.25) is 4.79 Å². The van der Waals surface area contributed by atoms with Gasteiger partial charge in [0.2, 0.25) is 0 Å². The summed E-state index contributed by atoms with van der Waals surface area (Å²) in [7, 11) is 0. The highest BCUT2D eigenvalue weighted by Gasteiger charge is 2.36. The van der Waals surface area contributed by atoms with Gasteiger partial charge in [-0.25, -0.2) is 4.68 Å². The lowest BCUT2D eigenvalue weighted by Crippen LogP contribution is -2.34. The molecule has 0 bridgehead atoms. The van der Waals surface area contributed by atoms with Crippen molar-refractivity contribution in [2.75, 3.05) is 19.6 Å². The van der Waals surface area contributed by atoms with Crippen LogP contribution in [-0.4, -0.2) is 40.2 Å². The molecule has 1 aliphatic rings. The van der Waals surface area contributed by atoms with Crippen LogP contribution < -0.4 is 5.73 Å². The zero-order chi connectivity index (χ0) is 18.2. The third kappa shape index (κ3) is 3.39. The van der Waals surface area contributed by atoms with Gasteiger partial charge in [0, 0.05) is 18.7 Å². The molecule has 1 amide bonds. The Bertz CT molecular complexity index is 786. The molecular formula is C17H19F3N4O. The maximum absolute atomic E-state index is 13.0. The summed E-state index contributed by atoms with van der Waals surface area (Å²) in [6, 6.07) is 6.99. The molecule has 1 atom stereocenters. The van der Waals surface area contributed by atoms with Crippen LogP contribution in [0.15, 0.2) is 36.5 Å². The first-order valence-corrected chi connectivity index (χ1v) is 7.94. The molecule has 5 nitrogen and oxygen atoms in total. The van der Waals surface area contributed by atoms with Gasteiger partial charge in [-0.05, 0) is 42.6 Å². The van der Waals surface area contributed by atoms with E-state index in [2.05, 4.69) is 5.10 Å². The van der Waals surface area contributed by atoms with Gasteiger partial charge in [-0.2, -0.15) is 18.3 Å². The molecular weight excluding hydrogens is 333 g/mol. The monoisotopic (exact) mass is 352 g/mol. The number of rotatable bonds is 3. The summed E-state index contributed by atoms with van der Waals surface area (Å²) < 4.78 is 39.9. The molecule has 134 valence electrons. The number of carbonyl (C=O) groups excluding carboxylic acids is 1. The fourth-order valence-electron chi connectivity index (χ4n) is 3.04. The summed E-state index contributed by atoms with van der Waals surface area (Å²) in [6.45, 7) is 3.64. The minimum Gasteiger partial charge on any atom is -0.338 e. The summed E-state index contributed by atoms with van der Waals surface area (Å²) >= 11 is 0. The molecule has 1 aliphatic heterocycles. The Kier molecular flexibility index (Phi) is 4.32. The van der Waals surface area contributed by atoms with E-state index < -0.39 is 11.9 Å². The molecule has 3 rings (SSSR count). The Morgan fingerprint density at radius 3 is 2.76 bits per heavy atom. The average molecular weight is 352 g/mol. The van der Waals surface area contributed by atoms with Gasteiger partial charge in [0.25, 0.3) is 5.91 Å². The summed E-state index contributed by atoms with van der Waals surface area (Å²) in [5.41, 5.74) is 5.30. The molecule has 2 N–H and O–H groups in total. The number of likely N-dealkylation sites (tertiary alicyclic amines) is 1. The maximum atomic E-state index is 13.0. The van der Waals surface area contributed by atoms with E-state index in [1.165, 1.54) is 12.1 Å². The van der Waals surface area contributed by atoms with E-state index in [9.17, 15) is 18.0 Å². The predicted octanol–water partition coefficient (Wildman–Crippen LogP) is 2.70. The first-order valence-electron chi connectivity index (χ1n) is 7.94. The standard InChI is InChI=1S/C17H19F3N4O/c1-16(10-21)6-8-23(11-16)15(25)12-3-2-4-13(9-12)24-14(5-7-22-24)17(18,19)20/h2-5,7,9H,6,8,10-11,21H2,1H3. The molecule has 0 spiro atoms. The van der Waals surface area contributed by atoms with Gasteiger partial charge in [0.05, 0.1) is 11.9 Å². The molecule has 0 aliphatic carbocycles. The molecule has 8 heteroatoms. The number of halogens is 3. The fraction of sp³-hybridized carbons (Fsp3) is 0.412. The highest BCUT2D eigenvalue weighted by atomic mass is 19.4. The van der Waals surface area contributed by atoms with E-state index in [1.807, 2.05) is 6.92 Å². The lowest BCUT2D eigenvalue weighted by Gasteiger charge is -2.22. The van der Waals surface area contributed by atoms with Crippen molar-refractivity contribution in [3.8, 4) is 5.69 Å². The fourth-order valence-corrected chi connectivity index (χ4v) is 3.04. The van der Waals surface area contributed by atoms with E-state index in [0.717, 1.165) is 23.4 Å². The molecule has 0 saturated carbocycles. The molecule has 0 radical (unpaired) electrons. The van der Waals surface area contributed by atoms with Crippen molar-refractivity contribution in [2.24, 2.45) is 11.1 Å². The second kappa shape index (κ2) is 6.18. The average Bonchev–Trinajstić information content (AvgIpc) is 3.21. The third-order valence-electron chi connectivity index (χ3n) is 4.61. The lowest BCUT2D eigenvalue weighted by atomic mass is 9.90. The summed E-state index contributed by atoms with van der Waals surface area (Å²) in [5, 5.41) is 3.74. The zero-order valence-electron chi connectivity index (χ0n) is 13.8. The number of nitrogens with zero attached hydrogens (tertiary/aromatic N) is 3. The van der Waals surface area contributed by atoms with Crippen LogP contribution in [0.4, 0.5) is 13.2 Å². The van der Waals surface area contributed by atoms with Gasteiger partial charge in [0.1, 0.15) is 5.69 Å². The van der Waals surface area contributed by atoms with Crippen molar-refractivity contribution in [3.05, 3.63) is 47.8 Å². The summed E-state index contributed by atoms with van der Waals surface area (Å²) in [6.07, 6.45) is -2.62. The van der Waals surface area contributed by atoms with Crippen molar-refractivity contribution in [2.45, 2.75) is 19.5 Å². The first kappa shape index (κ1) is 17.5. The molecule has 1 aromatic heterocycles. The van der Waals surface area contributed by atoms with E-state index in [4.69, 9.17) is 5.73 Å². The highest BCUT2D eigenvalue weighted by Crippen LogP contribution is 2.32. The minimum atomic E-state index is -4.52. The molecule has 1 unspecified atom stereocenters. The first-order chi connectivity index (χ1) is 11.7. The maximum Gasteiger partial charge on any atom is 0.433 e. The van der Waals surface area contributed by atoms with Crippen molar-refractivity contribution >= 4 is 5.91 Å². The van der Waals surface area contributed by atoms with Crippen molar-refractivity contribution in [3.63, 3.8) is 0 Å².